The molecule has 45 heavy (non-hydrogen) atoms. The molecule has 1 aliphatic carbocycles. The number of hydrogen-bond donors (Lipinski definition) is 1. The van der Waals surface area contributed by atoms with E-state index in [1.165, 1.54) is 30.5 Å². The average molecular weight is 621 g/mol. The highest BCUT2D eigenvalue weighted by Gasteiger charge is 2.61. The Morgan fingerprint density at radius 2 is 1.93 bits per heavy atom. The number of hydrazine groups is 1. The summed E-state index contributed by atoms with van der Waals surface area (Å²) in [6.07, 6.45) is 9.39. The van der Waals surface area contributed by atoms with Gasteiger partial charge in [0.15, 0.2) is 6.23 Å². The molecule has 236 valence electrons. The number of amides is 2. The molecule has 3 fully saturated rings. The summed E-state index contributed by atoms with van der Waals surface area (Å²) in [6.45, 7) is 2.74. The largest absolute Gasteiger partial charge is 0.346 e. The first-order chi connectivity index (χ1) is 22.0. The maximum Gasteiger partial charge on any atom is 0.344 e. The van der Waals surface area contributed by atoms with Gasteiger partial charge in [-0.1, -0.05) is 36.4 Å². The first-order valence-corrected chi connectivity index (χ1v) is 14.9. The van der Waals surface area contributed by atoms with E-state index in [2.05, 4.69) is 20.3 Å². The number of rotatable bonds is 8. The van der Waals surface area contributed by atoms with E-state index >= 15 is 4.39 Å². The molecule has 0 radical (unpaired) electrons. The minimum atomic E-state index is -1.73. The summed E-state index contributed by atoms with van der Waals surface area (Å²) in [7, 11) is 1.52. The summed E-state index contributed by atoms with van der Waals surface area (Å²) in [4.78, 5) is 22.6. The topological polar surface area (TPSA) is 100 Å². The lowest BCUT2D eigenvalue weighted by Crippen LogP contribution is -2.69. The van der Waals surface area contributed by atoms with E-state index in [4.69, 9.17) is 14.2 Å². The molecule has 3 aromatic rings. The van der Waals surface area contributed by atoms with Crippen LogP contribution < -0.4 is 10.2 Å². The maximum atomic E-state index is 15.5. The molecule has 7 rings (SSSR count). The van der Waals surface area contributed by atoms with E-state index in [1.807, 2.05) is 54.6 Å². The van der Waals surface area contributed by atoms with E-state index in [1.54, 1.807) is 14.9 Å². The first-order valence-electron chi connectivity index (χ1n) is 14.9. The molecule has 12 nitrogen and oxygen atoms in total. The second-order valence-electron chi connectivity index (χ2n) is 11.2. The van der Waals surface area contributed by atoms with Crippen LogP contribution in [0.1, 0.15) is 12.0 Å². The number of ether oxygens (including phenoxy) is 3. The summed E-state index contributed by atoms with van der Waals surface area (Å²) < 4.78 is 50.1. The second-order valence-corrected chi connectivity index (χ2v) is 11.2. The molecule has 2 aromatic carbocycles. The van der Waals surface area contributed by atoms with Gasteiger partial charge in [0.05, 0.1) is 6.61 Å². The summed E-state index contributed by atoms with van der Waals surface area (Å²) in [5.74, 6) is -3.29. The molecule has 4 heterocycles. The van der Waals surface area contributed by atoms with Crippen molar-refractivity contribution in [1.29, 1.82) is 0 Å². The Morgan fingerprint density at radius 1 is 1.11 bits per heavy atom. The summed E-state index contributed by atoms with van der Waals surface area (Å²) in [6, 6.07) is 12.2. The van der Waals surface area contributed by atoms with E-state index in [0.717, 1.165) is 25.2 Å². The van der Waals surface area contributed by atoms with Crippen molar-refractivity contribution in [1.82, 2.24) is 35.0 Å². The minimum absolute atomic E-state index is 0.00910. The Hall–Kier alpha value is -4.05. The lowest BCUT2D eigenvalue weighted by molar-refractivity contribution is -0.261. The lowest BCUT2D eigenvalue weighted by atomic mass is 9.97. The van der Waals surface area contributed by atoms with Gasteiger partial charge in [0.1, 0.15) is 36.5 Å². The molecule has 4 aliphatic rings. The molecule has 14 heteroatoms. The number of nitrogens with one attached hydrogen (secondary N) is 1. The van der Waals surface area contributed by atoms with Crippen LogP contribution in [0.4, 0.5) is 19.3 Å². The zero-order chi connectivity index (χ0) is 31.0. The Morgan fingerprint density at radius 3 is 2.62 bits per heavy atom. The number of para-hydroxylation sites is 1. The van der Waals surface area contributed by atoms with Crippen LogP contribution in [0.2, 0.25) is 0 Å². The Bertz CT molecular complexity index is 1570. The summed E-state index contributed by atoms with van der Waals surface area (Å²) in [5, 5.41) is 11.0. The van der Waals surface area contributed by atoms with Crippen LogP contribution in [0.3, 0.4) is 0 Å². The molecular weight excluding hydrogens is 586 g/mol. The third-order valence-corrected chi connectivity index (χ3v) is 8.63. The number of halogens is 2. The van der Waals surface area contributed by atoms with Crippen molar-refractivity contribution in [3.8, 4) is 0 Å². The van der Waals surface area contributed by atoms with Crippen molar-refractivity contribution in [3.05, 3.63) is 103 Å². The normalized spacial score (nSPS) is 29.3. The van der Waals surface area contributed by atoms with Crippen LogP contribution in [0.15, 0.2) is 85.5 Å². The summed E-state index contributed by atoms with van der Waals surface area (Å²) >= 11 is 0. The van der Waals surface area contributed by atoms with Crippen LogP contribution in [-0.2, 0) is 26.5 Å². The van der Waals surface area contributed by atoms with Gasteiger partial charge in [-0.3, -0.25) is 9.80 Å². The zero-order valence-electron chi connectivity index (χ0n) is 24.7. The van der Waals surface area contributed by atoms with Crippen molar-refractivity contribution < 1.29 is 27.8 Å². The Labute approximate surface area is 259 Å². The molecule has 4 unspecified atom stereocenters. The first kappa shape index (κ1) is 29.6. The monoisotopic (exact) mass is 620 g/mol. The van der Waals surface area contributed by atoms with Gasteiger partial charge in [-0.05, 0) is 30.3 Å². The number of methoxy groups -OCH3 is 1. The predicted molar refractivity (Wildman–Crippen MR) is 158 cm³/mol. The number of piperazine rings is 1. The highest BCUT2D eigenvalue weighted by Crippen LogP contribution is 2.45. The van der Waals surface area contributed by atoms with E-state index in [-0.39, 0.29) is 24.7 Å². The summed E-state index contributed by atoms with van der Waals surface area (Å²) in [5.41, 5.74) is -0.286. The molecule has 0 spiro atoms. The van der Waals surface area contributed by atoms with Gasteiger partial charge in [-0.15, -0.1) is 5.01 Å². The fourth-order valence-corrected chi connectivity index (χ4v) is 6.62. The maximum absolute atomic E-state index is 15.5. The minimum Gasteiger partial charge on any atom is -0.346 e. The second kappa shape index (κ2) is 12.0. The Kier molecular flexibility index (Phi) is 7.93. The van der Waals surface area contributed by atoms with Crippen molar-refractivity contribution in [2.24, 2.45) is 0 Å². The number of anilines is 1. The smallest absolute Gasteiger partial charge is 0.344 e. The standard InChI is InChI=1S/C31H34F2N8O4/c1-43-29-39(24-8-4-2-5-9-24)28(42)41(30(12-6-3-7-13-30)37-16-14-34-15-17-37)40(29)27-19-44-31(45-27,20-38-22-35-21-36-38)25-11-10-23(32)18-26(25)33/h2-12,18,21-22,27,29,34H,13-17,19-20H2,1H3. The number of carbonyl (C=O) groups is 1. The van der Waals surface area contributed by atoms with Gasteiger partial charge >= 0.3 is 6.03 Å². The quantitative estimate of drug-likeness (QED) is 0.408. The third kappa shape index (κ3) is 5.13. The fourth-order valence-electron chi connectivity index (χ4n) is 6.62. The van der Waals surface area contributed by atoms with Crippen LogP contribution >= 0.6 is 0 Å². The lowest BCUT2D eigenvalue weighted by Gasteiger charge is -2.52. The third-order valence-electron chi connectivity index (χ3n) is 8.63. The Balaban J connectivity index is 1.34. The molecule has 1 N–H and O–H groups in total. The number of nitrogens with zero attached hydrogens (tertiary/aromatic N) is 7. The van der Waals surface area contributed by atoms with Gasteiger partial charge in [0.2, 0.25) is 12.1 Å². The zero-order valence-corrected chi connectivity index (χ0v) is 24.7. The molecule has 2 amide bonds. The number of hydrogen-bond acceptors (Lipinski definition) is 9. The highest BCUT2D eigenvalue weighted by molar-refractivity contribution is 5.94. The molecule has 0 saturated carbocycles. The average Bonchev–Trinajstić information content (AvgIpc) is 3.80. The van der Waals surface area contributed by atoms with Crippen molar-refractivity contribution in [3.63, 3.8) is 0 Å². The molecule has 3 saturated heterocycles. The van der Waals surface area contributed by atoms with Crippen LogP contribution in [0, 0.1) is 11.6 Å². The fraction of sp³-hybridized carbons (Fsp3) is 0.387. The van der Waals surface area contributed by atoms with Crippen LogP contribution in [0.25, 0.3) is 0 Å². The molecule has 0 bridgehead atoms. The molecule has 4 atom stereocenters. The van der Waals surface area contributed by atoms with Crippen LogP contribution in [0.5, 0.6) is 0 Å². The van der Waals surface area contributed by atoms with Gasteiger partial charge in [0, 0.05) is 57.0 Å². The number of carbonyl (C=O) groups excluding carboxylic acids is 1. The molecule has 1 aromatic heterocycles. The van der Waals surface area contributed by atoms with E-state index < -0.39 is 35.7 Å². The van der Waals surface area contributed by atoms with Gasteiger partial charge in [-0.25, -0.2) is 28.3 Å². The number of urea groups is 1. The molecular formula is C31H34F2N8O4. The molecule has 3 aliphatic heterocycles. The van der Waals surface area contributed by atoms with E-state index in [9.17, 15) is 9.18 Å². The van der Waals surface area contributed by atoms with Crippen molar-refractivity contribution >= 4 is 11.7 Å². The number of benzene rings is 2. The SMILES string of the molecule is COC1N(c2ccccc2)C(=O)N(C2(N3CCNCC3)C=CC=CC2)N1C1COC(Cn2cncn2)(c2ccc(F)cc2F)O1. The number of aromatic nitrogens is 3. The van der Waals surface area contributed by atoms with E-state index in [0.29, 0.717) is 25.2 Å². The van der Waals surface area contributed by atoms with Crippen molar-refractivity contribution in [2.45, 2.75) is 37.0 Å². The van der Waals surface area contributed by atoms with Gasteiger partial charge in [0.25, 0.3) is 0 Å². The van der Waals surface area contributed by atoms with Gasteiger partial charge < -0.3 is 19.5 Å². The number of allylic oxidation sites excluding steroid dienone is 2. The predicted octanol–water partition coefficient (Wildman–Crippen LogP) is 2.99. The highest BCUT2D eigenvalue weighted by atomic mass is 19.1. The van der Waals surface area contributed by atoms with Crippen molar-refractivity contribution in [2.75, 3.05) is 44.8 Å². The van der Waals surface area contributed by atoms with Gasteiger partial charge in [-0.2, -0.15) is 5.10 Å². The van der Waals surface area contributed by atoms with Crippen LogP contribution in [-0.4, -0.2) is 93.9 Å².